The highest BCUT2D eigenvalue weighted by molar-refractivity contribution is 7.99. The summed E-state index contributed by atoms with van der Waals surface area (Å²) in [6.07, 6.45) is 0. The molecule has 1 atom stereocenters. The van der Waals surface area contributed by atoms with Crippen molar-refractivity contribution in [3.05, 3.63) is 35.6 Å². The molecule has 0 aliphatic rings. The Hall–Kier alpha value is -1.50. The number of rotatable bonds is 5. The zero-order valence-corrected chi connectivity index (χ0v) is 11.5. The average molecular weight is 279 g/mol. The van der Waals surface area contributed by atoms with Crippen LogP contribution in [0.4, 0.5) is 0 Å². The van der Waals surface area contributed by atoms with E-state index in [0.29, 0.717) is 34.5 Å². The summed E-state index contributed by atoms with van der Waals surface area (Å²) < 4.78 is 5.74. The fourth-order valence-corrected chi connectivity index (χ4v) is 2.58. The molecule has 5 N–H and O–H groups in total. The molecule has 6 heteroatoms. The normalized spacial score (nSPS) is 12.6. The number of para-hydroxylation sites is 1. The van der Waals surface area contributed by atoms with Gasteiger partial charge in [0, 0.05) is 17.2 Å². The number of nitrogen functional groups attached to an aromatic ring is 1. The number of nitrogens with two attached hydrogens (primary N) is 2. The van der Waals surface area contributed by atoms with Gasteiger partial charge in [-0.25, -0.2) is 5.84 Å². The number of furan rings is 1. The monoisotopic (exact) mass is 279 g/mol. The molecule has 19 heavy (non-hydrogen) atoms. The predicted molar refractivity (Wildman–Crippen MR) is 77.7 cm³/mol. The van der Waals surface area contributed by atoms with Crippen LogP contribution in [0.5, 0.6) is 0 Å². The van der Waals surface area contributed by atoms with E-state index in [4.69, 9.17) is 16.0 Å². The first kappa shape index (κ1) is 13.9. The van der Waals surface area contributed by atoms with Gasteiger partial charge < -0.3 is 10.2 Å². The second-order valence-electron chi connectivity index (χ2n) is 4.23. The van der Waals surface area contributed by atoms with Crippen LogP contribution in [0.1, 0.15) is 23.0 Å². The summed E-state index contributed by atoms with van der Waals surface area (Å²) in [5, 5.41) is 1.09. The van der Waals surface area contributed by atoms with Gasteiger partial charge in [-0.05, 0) is 6.07 Å². The molecule has 1 aromatic carbocycles. The summed E-state index contributed by atoms with van der Waals surface area (Å²) in [6, 6.07) is 7.42. The summed E-state index contributed by atoms with van der Waals surface area (Å²) in [4.78, 5) is 11.9. The Morgan fingerprint density at radius 2 is 2.21 bits per heavy atom. The number of thioether (sulfide) groups is 1. The van der Waals surface area contributed by atoms with E-state index in [-0.39, 0.29) is 5.91 Å². The number of hydrazine groups is 1. The van der Waals surface area contributed by atoms with Gasteiger partial charge in [0.05, 0.1) is 11.3 Å². The van der Waals surface area contributed by atoms with Gasteiger partial charge in [0.15, 0.2) is 0 Å². The Balaban J connectivity index is 2.38. The maximum atomic E-state index is 11.9. The molecule has 1 aromatic heterocycles. The Bertz CT molecular complexity index is 582. The van der Waals surface area contributed by atoms with Gasteiger partial charge in [-0.3, -0.25) is 10.2 Å². The first-order valence-corrected chi connectivity index (χ1v) is 7.05. The maximum absolute atomic E-state index is 11.9. The van der Waals surface area contributed by atoms with Gasteiger partial charge in [-0.1, -0.05) is 25.1 Å². The minimum absolute atomic E-state index is 0.307. The molecular formula is C13H17N3O2S. The molecule has 0 bridgehead atoms. The Kier molecular flexibility index (Phi) is 4.47. The molecule has 0 saturated carbocycles. The van der Waals surface area contributed by atoms with Crippen molar-refractivity contribution in [2.75, 3.05) is 6.54 Å². The predicted octanol–water partition coefficient (Wildman–Crippen LogP) is 1.62. The van der Waals surface area contributed by atoms with E-state index in [2.05, 4.69) is 5.43 Å². The fraction of sp³-hybridized carbons (Fsp3) is 0.308. The number of carbonyl (C=O) groups excluding carboxylic acids is 1. The molecule has 2 rings (SSSR count). The van der Waals surface area contributed by atoms with Crippen LogP contribution in [-0.4, -0.2) is 17.7 Å². The van der Waals surface area contributed by atoms with Crippen molar-refractivity contribution < 1.29 is 9.21 Å². The van der Waals surface area contributed by atoms with E-state index >= 15 is 0 Å². The number of hydrogen-bond donors (Lipinski definition) is 3. The molecule has 2 aromatic rings. The Morgan fingerprint density at radius 1 is 1.47 bits per heavy atom. The van der Waals surface area contributed by atoms with E-state index in [9.17, 15) is 4.79 Å². The lowest BCUT2D eigenvalue weighted by atomic mass is 10.1. The number of benzene rings is 1. The maximum Gasteiger partial charge on any atom is 0.269 e. The van der Waals surface area contributed by atoms with Crippen molar-refractivity contribution in [1.29, 1.82) is 0 Å². The lowest BCUT2D eigenvalue weighted by molar-refractivity contribution is 0.0953. The highest BCUT2D eigenvalue weighted by Gasteiger charge is 2.20. The molecule has 0 spiro atoms. The van der Waals surface area contributed by atoms with E-state index < -0.39 is 0 Å². The van der Waals surface area contributed by atoms with Crippen molar-refractivity contribution in [2.24, 2.45) is 11.6 Å². The van der Waals surface area contributed by atoms with Gasteiger partial charge in [-0.2, -0.15) is 0 Å². The Morgan fingerprint density at radius 3 is 2.89 bits per heavy atom. The van der Waals surface area contributed by atoms with Crippen LogP contribution in [0.15, 0.2) is 28.7 Å². The van der Waals surface area contributed by atoms with Crippen LogP contribution < -0.4 is 17.0 Å². The van der Waals surface area contributed by atoms with E-state index in [1.54, 1.807) is 11.8 Å². The third kappa shape index (κ3) is 2.91. The van der Waals surface area contributed by atoms with Crippen LogP contribution in [0.2, 0.25) is 0 Å². The highest BCUT2D eigenvalue weighted by Crippen LogP contribution is 2.29. The summed E-state index contributed by atoms with van der Waals surface area (Å²) in [5.74, 6) is 6.13. The first-order valence-electron chi connectivity index (χ1n) is 6.00. The van der Waals surface area contributed by atoms with E-state index in [0.717, 1.165) is 5.39 Å². The average Bonchev–Trinajstić information content (AvgIpc) is 2.82. The molecule has 5 nitrogen and oxygen atoms in total. The number of hydrogen-bond acceptors (Lipinski definition) is 5. The van der Waals surface area contributed by atoms with Gasteiger partial charge in [0.25, 0.3) is 5.91 Å². The topological polar surface area (TPSA) is 94.3 Å². The molecule has 0 aliphatic heterocycles. The van der Waals surface area contributed by atoms with Crippen molar-refractivity contribution in [2.45, 2.75) is 17.9 Å². The lowest BCUT2D eigenvalue weighted by Crippen LogP contribution is -2.30. The first-order chi connectivity index (χ1) is 9.17. The van der Waals surface area contributed by atoms with Gasteiger partial charge in [0.2, 0.25) is 0 Å². The van der Waals surface area contributed by atoms with Crippen molar-refractivity contribution in [3.63, 3.8) is 0 Å². The third-order valence-electron chi connectivity index (χ3n) is 2.86. The largest absolute Gasteiger partial charge is 0.459 e. The van der Waals surface area contributed by atoms with Gasteiger partial charge >= 0.3 is 0 Å². The highest BCUT2D eigenvalue weighted by atomic mass is 32.2. The quantitative estimate of drug-likeness (QED) is 0.439. The zero-order valence-electron chi connectivity index (χ0n) is 10.7. The molecule has 0 radical (unpaired) electrons. The standard InChI is InChI=1S/C13H17N3O2S/c1-8(6-14)19-7-11-12(13(17)16-15)9-4-2-3-5-10(9)18-11/h2-5,8H,6-7,14-15H2,1H3,(H,16,17). The fourth-order valence-electron chi connectivity index (χ4n) is 1.80. The zero-order chi connectivity index (χ0) is 13.8. The summed E-state index contributed by atoms with van der Waals surface area (Å²) in [7, 11) is 0. The van der Waals surface area contributed by atoms with Crippen molar-refractivity contribution in [1.82, 2.24) is 5.43 Å². The molecular weight excluding hydrogens is 262 g/mol. The number of carbonyl (C=O) groups is 1. The minimum Gasteiger partial charge on any atom is -0.459 e. The summed E-state index contributed by atoms with van der Waals surface area (Å²) in [5.41, 5.74) is 8.95. The number of amides is 1. The number of fused-ring (bicyclic) bond motifs is 1. The third-order valence-corrected chi connectivity index (χ3v) is 4.05. The van der Waals surface area contributed by atoms with E-state index in [1.807, 2.05) is 31.2 Å². The molecule has 0 aliphatic carbocycles. The molecule has 1 unspecified atom stereocenters. The molecule has 0 saturated heterocycles. The van der Waals surface area contributed by atoms with Gasteiger partial charge in [-0.15, -0.1) is 11.8 Å². The number of nitrogens with one attached hydrogen (secondary N) is 1. The van der Waals surface area contributed by atoms with Crippen LogP contribution in [-0.2, 0) is 5.75 Å². The second kappa shape index (κ2) is 6.10. The minimum atomic E-state index is -0.332. The van der Waals surface area contributed by atoms with Crippen LogP contribution in [0.25, 0.3) is 11.0 Å². The SMILES string of the molecule is CC(CN)SCc1oc2ccccc2c1C(=O)NN. The van der Waals surface area contributed by atoms with Crippen molar-refractivity contribution in [3.8, 4) is 0 Å². The summed E-state index contributed by atoms with van der Waals surface area (Å²) in [6.45, 7) is 2.62. The van der Waals surface area contributed by atoms with Gasteiger partial charge in [0.1, 0.15) is 11.3 Å². The van der Waals surface area contributed by atoms with E-state index in [1.165, 1.54) is 0 Å². The Labute approximate surface area is 115 Å². The molecule has 1 heterocycles. The van der Waals surface area contributed by atoms with Crippen LogP contribution in [0.3, 0.4) is 0 Å². The lowest BCUT2D eigenvalue weighted by Gasteiger charge is -2.07. The van der Waals surface area contributed by atoms with Crippen LogP contribution in [0, 0.1) is 0 Å². The van der Waals surface area contributed by atoms with Crippen molar-refractivity contribution >= 4 is 28.6 Å². The molecule has 102 valence electrons. The smallest absolute Gasteiger partial charge is 0.269 e. The van der Waals surface area contributed by atoms with Crippen LogP contribution >= 0.6 is 11.8 Å². The molecule has 1 amide bonds. The molecule has 0 fully saturated rings. The second-order valence-corrected chi connectivity index (χ2v) is 5.65. The summed E-state index contributed by atoms with van der Waals surface area (Å²) >= 11 is 1.65.